The Morgan fingerprint density at radius 1 is 1.07 bits per heavy atom. The lowest BCUT2D eigenvalue weighted by Crippen LogP contribution is -2.34. The van der Waals surface area contributed by atoms with Crippen LogP contribution < -0.4 is 5.32 Å². The number of carbonyl (C=O) groups is 1. The lowest BCUT2D eigenvalue weighted by atomic mass is 9.77. The first-order valence-electron chi connectivity index (χ1n) is 9.36. The van der Waals surface area contributed by atoms with E-state index in [-0.39, 0.29) is 17.5 Å². The summed E-state index contributed by atoms with van der Waals surface area (Å²) in [5.41, 5.74) is 4.20. The molecule has 5 nitrogen and oxygen atoms in total. The van der Waals surface area contributed by atoms with E-state index in [1.54, 1.807) is 22.9 Å². The number of fused-ring (bicyclic) bond motifs is 1. The quantitative estimate of drug-likeness (QED) is 0.732. The van der Waals surface area contributed by atoms with Gasteiger partial charge in [-0.3, -0.25) is 4.79 Å². The van der Waals surface area contributed by atoms with Gasteiger partial charge in [-0.05, 0) is 36.5 Å². The fourth-order valence-corrected chi connectivity index (χ4v) is 4.40. The third-order valence-electron chi connectivity index (χ3n) is 5.69. The normalized spacial score (nSPS) is 21.1. The number of anilines is 1. The van der Waals surface area contributed by atoms with Crippen LogP contribution in [0.2, 0.25) is 0 Å². The minimum absolute atomic E-state index is 0.0245. The molecule has 6 heteroatoms. The summed E-state index contributed by atoms with van der Waals surface area (Å²) in [6.07, 6.45) is 2.52. The second kappa shape index (κ2) is 6.41. The number of benzene rings is 2. The first-order valence-corrected chi connectivity index (χ1v) is 9.36. The van der Waals surface area contributed by atoms with Gasteiger partial charge in [-0.25, -0.2) is 9.07 Å². The van der Waals surface area contributed by atoms with E-state index in [2.05, 4.69) is 34.5 Å². The van der Waals surface area contributed by atoms with E-state index in [0.717, 1.165) is 5.70 Å². The predicted octanol–water partition coefficient (Wildman–Crippen LogP) is 4.14. The van der Waals surface area contributed by atoms with Crippen LogP contribution in [0, 0.1) is 12.7 Å². The largest absolute Gasteiger partial charge is 0.328 e. The van der Waals surface area contributed by atoms with Gasteiger partial charge in [-0.1, -0.05) is 42.5 Å². The van der Waals surface area contributed by atoms with Gasteiger partial charge in [0.25, 0.3) is 0 Å². The Hall–Kier alpha value is -3.28. The van der Waals surface area contributed by atoms with Crippen molar-refractivity contribution in [2.24, 2.45) is 0 Å². The van der Waals surface area contributed by atoms with Gasteiger partial charge in [0.1, 0.15) is 18.2 Å². The van der Waals surface area contributed by atoms with Gasteiger partial charge in [-0.2, -0.15) is 10.1 Å². The molecular formula is C22H19FN4O. The molecule has 5 rings (SSSR count). The second-order valence-electron chi connectivity index (χ2n) is 7.35. The Morgan fingerprint density at radius 3 is 2.61 bits per heavy atom. The monoisotopic (exact) mass is 374 g/mol. The number of allylic oxidation sites excluding steroid dienone is 2. The smallest absolute Gasteiger partial charge is 0.226 e. The zero-order chi connectivity index (χ0) is 19.3. The predicted molar refractivity (Wildman–Crippen MR) is 103 cm³/mol. The van der Waals surface area contributed by atoms with Gasteiger partial charge < -0.3 is 5.32 Å². The number of rotatable bonds is 2. The molecule has 2 heterocycles. The van der Waals surface area contributed by atoms with Crippen LogP contribution in [0.1, 0.15) is 41.5 Å². The van der Waals surface area contributed by atoms with Crippen LogP contribution in [0.15, 0.2) is 66.1 Å². The maximum atomic E-state index is 14.6. The third-order valence-corrected chi connectivity index (χ3v) is 5.69. The molecule has 140 valence electrons. The van der Waals surface area contributed by atoms with Gasteiger partial charge in [0, 0.05) is 23.3 Å². The summed E-state index contributed by atoms with van der Waals surface area (Å²) in [7, 11) is 0. The molecule has 0 saturated heterocycles. The molecule has 0 fully saturated rings. The van der Waals surface area contributed by atoms with Crippen molar-refractivity contribution in [1.29, 1.82) is 0 Å². The van der Waals surface area contributed by atoms with E-state index in [9.17, 15) is 9.18 Å². The number of nitrogens with zero attached hydrogens (tertiary/aromatic N) is 3. The highest BCUT2D eigenvalue weighted by Gasteiger charge is 2.40. The number of aryl methyl sites for hydroxylation is 1. The summed E-state index contributed by atoms with van der Waals surface area (Å²) >= 11 is 0. The van der Waals surface area contributed by atoms with E-state index in [1.165, 1.54) is 23.5 Å². The maximum Gasteiger partial charge on any atom is 0.226 e. The number of aromatic nitrogens is 3. The van der Waals surface area contributed by atoms with E-state index in [1.807, 2.05) is 12.1 Å². The van der Waals surface area contributed by atoms with Crippen molar-refractivity contribution in [3.05, 3.63) is 88.6 Å². The average molecular weight is 374 g/mol. The van der Waals surface area contributed by atoms with Crippen molar-refractivity contribution in [2.45, 2.75) is 31.7 Å². The van der Waals surface area contributed by atoms with E-state index in [0.29, 0.717) is 29.9 Å². The molecule has 2 atom stereocenters. The van der Waals surface area contributed by atoms with Crippen molar-refractivity contribution in [2.75, 3.05) is 5.32 Å². The molecule has 0 spiro atoms. The van der Waals surface area contributed by atoms with E-state index >= 15 is 0 Å². The summed E-state index contributed by atoms with van der Waals surface area (Å²) in [4.78, 5) is 17.5. The Bertz CT molecular complexity index is 1120. The number of halogens is 1. The van der Waals surface area contributed by atoms with Gasteiger partial charge in [0.2, 0.25) is 5.95 Å². The molecule has 1 aromatic heterocycles. The van der Waals surface area contributed by atoms with E-state index < -0.39 is 6.04 Å². The molecule has 0 radical (unpaired) electrons. The molecule has 3 aromatic rings. The Morgan fingerprint density at radius 2 is 1.82 bits per heavy atom. The Labute approximate surface area is 161 Å². The van der Waals surface area contributed by atoms with Crippen LogP contribution in [-0.4, -0.2) is 20.5 Å². The minimum Gasteiger partial charge on any atom is -0.328 e. The number of hydrogen-bond acceptors (Lipinski definition) is 4. The van der Waals surface area contributed by atoms with Crippen LogP contribution in [0.25, 0.3) is 0 Å². The van der Waals surface area contributed by atoms with Crippen LogP contribution in [0.3, 0.4) is 0 Å². The highest BCUT2D eigenvalue weighted by molar-refractivity contribution is 6.00. The summed E-state index contributed by atoms with van der Waals surface area (Å²) in [6.45, 7) is 2.07. The van der Waals surface area contributed by atoms with Crippen molar-refractivity contribution >= 4 is 11.7 Å². The van der Waals surface area contributed by atoms with Crippen molar-refractivity contribution in [1.82, 2.24) is 14.8 Å². The fourth-order valence-electron chi connectivity index (χ4n) is 4.40. The first-order chi connectivity index (χ1) is 13.6. The molecule has 1 N–H and O–H groups in total. The standard InChI is InChI=1S/C22H19FN4O/c1-13-6-2-3-7-15(13)14-10-18-20(19(28)11-14)21(16-8-4-5-9-17(16)23)27-22(26-18)24-12-25-27/h2-9,12,14,21H,10-11H2,1H3,(H,24,25,26). The molecule has 0 amide bonds. The SMILES string of the molecule is Cc1ccccc1C1CC(=O)C2=C(C1)Nc1ncnn1C2c1ccccc1F. The number of ketones is 1. The summed E-state index contributed by atoms with van der Waals surface area (Å²) in [5.74, 6) is 0.300. The van der Waals surface area contributed by atoms with Crippen LogP contribution in [-0.2, 0) is 4.79 Å². The highest BCUT2D eigenvalue weighted by Crippen LogP contribution is 2.44. The van der Waals surface area contributed by atoms with Gasteiger partial charge in [0.15, 0.2) is 5.78 Å². The molecule has 2 unspecified atom stereocenters. The average Bonchev–Trinajstić information content (AvgIpc) is 3.15. The summed E-state index contributed by atoms with van der Waals surface area (Å²) in [5, 5.41) is 7.54. The molecule has 0 bridgehead atoms. The van der Waals surface area contributed by atoms with Crippen molar-refractivity contribution in [3.63, 3.8) is 0 Å². The first kappa shape index (κ1) is 16.9. The van der Waals surface area contributed by atoms with E-state index in [4.69, 9.17) is 0 Å². The number of Topliss-reactive ketones (excluding diaryl/α,β-unsaturated/α-hetero) is 1. The van der Waals surface area contributed by atoms with Crippen LogP contribution in [0.5, 0.6) is 0 Å². The topological polar surface area (TPSA) is 59.8 Å². The lowest BCUT2D eigenvalue weighted by Gasteiger charge is -2.35. The zero-order valence-corrected chi connectivity index (χ0v) is 15.4. The number of carbonyl (C=O) groups excluding carboxylic acids is 1. The van der Waals surface area contributed by atoms with Gasteiger partial charge >= 0.3 is 0 Å². The fraction of sp³-hybridized carbons (Fsp3) is 0.227. The second-order valence-corrected chi connectivity index (χ2v) is 7.35. The molecule has 2 aliphatic rings. The minimum atomic E-state index is -0.597. The zero-order valence-electron chi connectivity index (χ0n) is 15.4. The molecule has 1 aliphatic carbocycles. The molecule has 28 heavy (non-hydrogen) atoms. The summed E-state index contributed by atoms with van der Waals surface area (Å²) < 4.78 is 16.2. The molecule has 1 aliphatic heterocycles. The van der Waals surface area contributed by atoms with Gasteiger partial charge in [-0.15, -0.1) is 0 Å². The van der Waals surface area contributed by atoms with Crippen molar-refractivity contribution < 1.29 is 9.18 Å². The lowest BCUT2D eigenvalue weighted by molar-refractivity contribution is -0.116. The van der Waals surface area contributed by atoms with Crippen LogP contribution in [0.4, 0.5) is 10.3 Å². The van der Waals surface area contributed by atoms with Crippen LogP contribution >= 0.6 is 0 Å². The molecule has 0 saturated carbocycles. The summed E-state index contributed by atoms with van der Waals surface area (Å²) in [6, 6.07) is 14.1. The maximum absolute atomic E-state index is 14.6. The number of nitrogens with one attached hydrogen (secondary N) is 1. The van der Waals surface area contributed by atoms with Crippen molar-refractivity contribution in [3.8, 4) is 0 Å². The third kappa shape index (κ3) is 2.56. The van der Waals surface area contributed by atoms with Gasteiger partial charge in [0.05, 0.1) is 0 Å². The highest BCUT2D eigenvalue weighted by atomic mass is 19.1. The number of hydrogen-bond donors (Lipinski definition) is 1. The molecular weight excluding hydrogens is 355 g/mol. The molecule has 2 aromatic carbocycles. The Kier molecular flexibility index (Phi) is 3.86. The Balaban J connectivity index is 1.63.